The molecule has 0 radical (unpaired) electrons. The summed E-state index contributed by atoms with van der Waals surface area (Å²) < 4.78 is 194. The molecule has 0 saturated carbocycles. The van der Waals surface area contributed by atoms with Gasteiger partial charge in [0.2, 0.25) is 15.9 Å². The van der Waals surface area contributed by atoms with Crippen LogP contribution in [-0.2, 0) is 99.9 Å². The standard InChI is InChI=1S/C25H23ClFN5O2S.C21H19ClFN3O3S.2C21H20FN3O3S.C19H24N4O3S/c1-14-5-6-22(21(27)9-14)35(33,34)13-20-16(3)19(12-29-25(20)26)18-7-8-28-23(11-18)32-24-10-15(2)30-17(4)31-24;1-12-4-5-19(18(23)8-12)30(28,29)26-20-14(3)17(11-25-21(20)22)15-6-7-24-16(10-15)9-13(2)27;2*1-13-4-5-21(19(22)8-13)29(27,28)25-20-11-17(12-24-15(20)3)16-6-7-23-18(10-16)9-14(2)26;1-14-18(13-27(25,26)23-8-4-3-5-9-23)10-17(12-21-14)16-6-7-20-19(11-16)22-15(2)24/h5-12H,13H2,1-4H3,(H,28,30,31,32);4-8,10-11,26H,9H2,1-3H3;2*4-8,10-12,25H,9H2,1-3H3;6-7,10-12H,3-5,8-9,13H2,1-2H3,(H,20,22,24). The van der Waals surface area contributed by atoms with Gasteiger partial charge in [0.25, 0.3) is 30.1 Å². The third-order valence-electron chi connectivity index (χ3n) is 23.1. The van der Waals surface area contributed by atoms with E-state index in [0.29, 0.717) is 143 Å². The molecule has 0 spiro atoms. The molecule has 0 atom stereocenters. The van der Waals surface area contributed by atoms with Crippen LogP contribution in [0.25, 0.3) is 55.6 Å². The fourth-order valence-electron chi connectivity index (χ4n) is 15.6. The highest BCUT2D eigenvalue weighted by Crippen LogP contribution is 2.39. The molecule has 780 valence electrons. The quantitative estimate of drug-likeness (QED) is 0.0215. The van der Waals surface area contributed by atoms with E-state index in [-0.39, 0.29) is 80.5 Å². The zero-order valence-electron chi connectivity index (χ0n) is 84.2. The van der Waals surface area contributed by atoms with Gasteiger partial charge < -0.3 is 10.6 Å². The normalized spacial score (nSPS) is 12.1. The van der Waals surface area contributed by atoms with Crippen LogP contribution in [0.2, 0.25) is 10.3 Å². The highest BCUT2D eigenvalue weighted by Gasteiger charge is 2.31. The third-order valence-corrected chi connectivity index (χ3v) is 31.4. The van der Waals surface area contributed by atoms with Crippen LogP contribution in [0.5, 0.6) is 0 Å². The molecule has 5 N–H and O–H groups in total. The van der Waals surface area contributed by atoms with E-state index in [1.807, 2.05) is 39.0 Å². The van der Waals surface area contributed by atoms with Gasteiger partial charge >= 0.3 is 0 Å². The van der Waals surface area contributed by atoms with E-state index in [1.54, 1.807) is 188 Å². The molecule has 32 nitrogen and oxygen atoms in total. The van der Waals surface area contributed by atoms with E-state index in [1.165, 1.54) is 94.6 Å². The van der Waals surface area contributed by atoms with Gasteiger partial charge in [-0.15, -0.1) is 0 Å². The molecule has 12 heterocycles. The monoisotopic (exact) mass is 2170 g/mol. The van der Waals surface area contributed by atoms with E-state index < -0.39 is 93.6 Å². The van der Waals surface area contributed by atoms with Gasteiger partial charge in [0.1, 0.15) is 88.6 Å². The van der Waals surface area contributed by atoms with Crippen LogP contribution in [0, 0.1) is 99.4 Å². The number of hydrogen-bond acceptors (Lipinski definition) is 27. The lowest BCUT2D eigenvalue weighted by Crippen LogP contribution is -2.36. The van der Waals surface area contributed by atoms with Gasteiger partial charge in [-0.3, -0.25) is 63.2 Å². The minimum absolute atomic E-state index is 0.00902. The van der Waals surface area contributed by atoms with Crippen LogP contribution in [0.15, 0.2) is 239 Å². The molecule has 150 heavy (non-hydrogen) atoms. The number of benzene rings is 4. The first-order chi connectivity index (χ1) is 70.8. The Morgan fingerprint density at radius 3 is 1.19 bits per heavy atom. The number of hydrogen-bond donors (Lipinski definition) is 5. The molecule has 43 heteroatoms. The number of carbonyl (C=O) groups is 4. The molecule has 4 aromatic carbocycles. The SMILES string of the molecule is CC(=O)Cc1cc(-c2cnc(C)c(NS(=O)(=O)c3ccc(C)cc3F)c2)ccn1.CC(=O)Cc1cc(-c2cnc(C)c(NS(=O)(=O)c3ccc(C)cc3F)c2)ccn1.CC(=O)Cc1cc(-c2cnc(Cl)c(NS(=O)(=O)c3ccc(C)cc3F)c2C)ccn1.CC(=O)Nc1cc(-c2cnc(C)c(CS(=O)(=O)N3CCCCC3)c2)ccn1.Cc1ccc(S(=O)(=O)Cc2c(Cl)ncc(-c3ccnc(Nc4cc(C)nc(C)n4)c3)c2C)c(F)c1. The molecule has 15 aromatic rings. The van der Waals surface area contributed by atoms with Crippen molar-refractivity contribution in [1.82, 2.24) is 64.1 Å². The number of sulfonamides is 4. The summed E-state index contributed by atoms with van der Waals surface area (Å²) in [5.41, 5.74) is 16.5. The lowest BCUT2D eigenvalue weighted by molar-refractivity contribution is -0.117. The Hall–Kier alpha value is -14.9. The molecular weight excluding hydrogens is 2070 g/mol. The van der Waals surface area contributed by atoms with Gasteiger partial charge in [-0.25, -0.2) is 93.9 Å². The lowest BCUT2D eigenvalue weighted by atomic mass is 10.0. The number of anilines is 6. The van der Waals surface area contributed by atoms with Gasteiger partial charge in [0.15, 0.2) is 15.0 Å². The summed E-state index contributed by atoms with van der Waals surface area (Å²) in [6, 6.07) is 40.3. The molecule has 1 fully saturated rings. The van der Waals surface area contributed by atoms with Crippen LogP contribution < -0.4 is 24.8 Å². The summed E-state index contributed by atoms with van der Waals surface area (Å²) in [4.78, 5) is 94.4. The molecule has 0 aliphatic carbocycles. The van der Waals surface area contributed by atoms with Crippen LogP contribution in [-0.4, -0.2) is 143 Å². The first-order valence-corrected chi connectivity index (χ1v) is 54.9. The van der Waals surface area contributed by atoms with Crippen molar-refractivity contribution in [2.75, 3.05) is 37.9 Å². The first kappa shape index (κ1) is 114. The Morgan fingerprint density at radius 2 is 0.747 bits per heavy atom. The second-order valence-corrected chi connectivity index (χ2v) is 45.2. The summed E-state index contributed by atoms with van der Waals surface area (Å²) in [5.74, 6) is -1.82. The molecule has 1 amide bonds. The number of pyridine rings is 10. The average Bonchev–Trinajstić information content (AvgIpc) is 0.796. The Kier molecular flexibility index (Phi) is 37.6. The number of ketones is 3. The summed E-state index contributed by atoms with van der Waals surface area (Å²) in [6.45, 7) is 26.0. The zero-order valence-corrected chi connectivity index (χ0v) is 89.8. The average molecular weight is 2180 g/mol. The molecule has 1 saturated heterocycles. The first-order valence-electron chi connectivity index (χ1n) is 46.4. The van der Waals surface area contributed by atoms with Crippen molar-refractivity contribution in [3.05, 3.63) is 343 Å². The van der Waals surface area contributed by atoms with E-state index in [0.717, 1.165) is 58.8 Å². The van der Waals surface area contributed by atoms with Crippen LogP contribution in [0.1, 0.15) is 137 Å². The predicted molar refractivity (Wildman–Crippen MR) is 569 cm³/mol. The van der Waals surface area contributed by atoms with Crippen LogP contribution in [0.3, 0.4) is 0 Å². The van der Waals surface area contributed by atoms with Crippen LogP contribution in [0.4, 0.5) is 52.1 Å². The maximum Gasteiger partial charge on any atom is 0.264 e. The highest BCUT2D eigenvalue weighted by atomic mass is 35.5. The van der Waals surface area contributed by atoms with Gasteiger partial charge in [0, 0.05) is 169 Å². The van der Waals surface area contributed by atoms with Crippen molar-refractivity contribution in [3.8, 4) is 55.6 Å². The summed E-state index contributed by atoms with van der Waals surface area (Å²) >= 11 is 12.5. The van der Waals surface area contributed by atoms with Crippen molar-refractivity contribution in [1.29, 1.82) is 0 Å². The zero-order chi connectivity index (χ0) is 109. The largest absolute Gasteiger partial charge is 0.325 e. The van der Waals surface area contributed by atoms with Crippen molar-refractivity contribution in [3.63, 3.8) is 0 Å². The predicted octanol–water partition coefficient (Wildman–Crippen LogP) is 20.6. The highest BCUT2D eigenvalue weighted by molar-refractivity contribution is 7.93. The van der Waals surface area contributed by atoms with Gasteiger partial charge in [-0.05, 0) is 304 Å². The molecule has 0 bridgehead atoms. The maximum atomic E-state index is 14.4. The van der Waals surface area contributed by atoms with Gasteiger partial charge in [0.05, 0.1) is 40.0 Å². The lowest BCUT2D eigenvalue weighted by Gasteiger charge is -2.26. The number of amides is 1. The number of aryl methyl sites for hydroxylation is 9. The van der Waals surface area contributed by atoms with Crippen LogP contribution >= 0.6 is 23.2 Å². The van der Waals surface area contributed by atoms with Gasteiger partial charge in [-0.1, -0.05) is 53.9 Å². The minimum Gasteiger partial charge on any atom is -0.325 e. The molecule has 11 aromatic heterocycles. The fourth-order valence-corrected chi connectivity index (χ4v) is 23.0. The number of piperidine rings is 1. The topological polar surface area (TPSA) is 457 Å². The van der Waals surface area contributed by atoms with E-state index in [4.69, 9.17) is 23.2 Å². The molecular formula is C107H106Cl2F4N18O14S5. The van der Waals surface area contributed by atoms with Crippen molar-refractivity contribution in [2.45, 2.75) is 173 Å². The smallest absolute Gasteiger partial charge is 0.264 e. The fraction of sp³-hybridized carbons (Fsp3) is 0.234. The number of nitrogens with one attached hydrogen (secondary N) is 5. The third kappa shape index (κ3) is 30.7. The minimum atomic E-state index is -4.24. The number of nitrogens with zero attached hydrogens (tertiary/aromatic N) is 13. The summed E-state index contributed by atoms with van der Waals surface area (Å²) in [7, 11) is -19.8. The maximum absolute atomic E-state index is 14.4. The number of Topliss-reactive ketones (excluding diaryl/α,β-unsaturated/α-hetero) is 3. The summed E-state index contributed by atoms with van der Waals surface area (Å²) in [5, 5.41) is 5.81. The van der Waals surface area contributed by atoms with Crippen molar-refractivity contribution in [2.24, 2.45) is 0 Å². The number of halogens is 6. The second-order valence-electron chi connectivity index (χ2n) is 35.6. The van der Waals surface area contributed by atoms with Gasteiger partial charge in [-0.2, -0.15) is 0 Å². The molecule has 0 unspecified atom stereocenters. The number of carbonyl (C=O) groups excluding carboxylic acids is 4. The van der Waals surface area contributed by atoms with E-state index >= 15 is 0 Å². The van der Waals surface area contributed by atoms with Crippen molar-refractivity contribution >= 4 is 131 Å². The number of sulfone groups is 1. The summed E-state index contributed by atoms with van der Waals surface area (Å²) in [6.07, 6.45) is 19.5. The Bertz CT molecular complexity index is 8120. The number of aromatic nitrogens is 12. The van der Waals surface area contributed by atoms with Crippen molar-refractivity contribution < 1.29 is 78.8 Å². The molecule has 1 aliphatic rings. The Morgan fingerprint density at radius 1 is 0.360 bits per heavy atom. The second kappa shape index (κ2) is 49.5. The molecule has 1 aliphatic heterocycles. The number of rotatable bonds is 29. The molecule has 16 rings (SSSR count). The van der Waals surface area contributed by atoms with E-state index in [9.17, 15) is 78.8 Å². The van der Waals surface area contributed by atoms with E-state index in [2.05, 4.69) is 84.6 Å². The Balaban J connectivity index is 0.000000167. The Labute approximate surface area is 878 Å².